The summed E-state index contributed by atoms with van der Waals surface area (Å²) in [7, 11) is 0. The zero-order valence-corrected chi connectivity index (χ0v) is 10.5. The van der Waals surface area contributed by atoms with Gasteiger partial charge in [0.05, 0.1) is 11.1 Å². The van der Waals surface area contributed by atoms with Crippen LogP contribution in [-0.2, 0) is 0 Å². The number of rotatable bonds is 2. The molecule has 2 aromatic rings. The van der Waals surface area contributed by atoms with Crippen molar-refractivity contribution < 1.29 is 9.90 Å². The van der Waals surface area contributed by atoms with Crippen molar-refractivity contribution >= 4 is 32.8 Å². The molecule has 0 radical (unpaired) electrons. The standard InChI is InChI=1S/C11H11BrN2O2/c1-6(2)14-9-7(10(12)13-14)4-3-5-8(9)11(15)16/h3-6H,1-2H3,(H,15,16). The highest BCUT2D eigenvalue weighted by Crippen LogP contribution is 2.28. The number of para-hydroxylation sites is 1. The summed E-state index contributed by atoms with van der Waals surface area (Å²) < 4.78 is 2.40. The van der Waals surface area contributed by atoms with Crippen LogP contribution < -0.4 is 0 Å². The maximum atomic E-state index is 11.1. The molecule has 4 nitrogen and oxygen atoms in total. The molecule has 0 spiro atoms. The first kappa shape index (κ1) is 11.1. The number of benzene rings is 1. The van der Waals surface area contributed by atoms with Crippen molar-refractivity contribution in [2.24, 2.45) is 0 Å². The van der Waals surface area contributed by atoms with Gasteiger partial charge in [0.25, 0.3) is 0 Å². The van der Waals surface area contributed by atoms with Crippen LogP contribution in [0.4, 0.5) is 0 Å². The number of carbonyl (C=O) groups is 1. The lowest BCUT2D eigenvalue weighted by atomic mass is 10.1. The molecule has 0 aliphatic rings. The van der Waals surface area contributed by atoms with Crippen molar-refractivity contribution in [1.82, 2.24) is 9.78 Å². The van der Waals surface area contributed by atoms with Crippen molar-refractivity contribution in [3.63, 3.8) is 0 Å². The van der Waals surface area contributed by atoms with Gasteiger partial charge in [-0.2, -0.15) is 5.10 Å². The lowest BCUT2D eigenvalue weighted by Gasteiger charge is -2.08. The fourth-order valence-electron chi connectivity index (χ4n) is 1.70. The average molecular weight is 283 g/mol. The summed E-state index contributed by atoms with van der Waals surface area (Å²) in [6, 6.07) is 5.30. The highest BCUT2D eigenvalue weighted by atomic mass is 79.9. The molecule has 0 atom stereocenters. The van der Waals surface area contributed by atoms with Crippen LogP contribution in [0.15, 0.2) is 22.8 Å². The Hall–Kier alpha value is -1.36. The van der Waals surface area contributed by atoms with E-state index in [1.807, 2.05) is 19.9 Å². The summed E-state index contributed by atoms with van der Waals surface area (Å²) in [5.74, 6) is -0.931. The molecule has 0 bridgehead atoms. The fourth-order valence-corrected chi connectivity index (χ4v) is 2.19. The Balaban J connectivity index is 2.88. The number of fused-ring (bicyclic) bond motifs is 1. The van der Waals surface area contributed by atoms with Gasteiger partial charge in [-0.25, -0.2) is 4.79 Å². The summed E-state index contributed by atoms with van der Waals surface area (Å²) in [4.78, 5) is 11.1. The highest BCUT2D eigenvalue weighted by Gasteiger charge is 2.17. The number of nitrogens with zero attached hydrogens (tertiary/aromatic N) is 2. The summed E-state index contributed by atoms with van der Waals surface area (Å²) >= 11 is 3.34. The Morgan fingerprint density at radius 2 is 2.19 bits per heavy atom. The predicted octanol–water partition coefficient (Wildman–Crippen LogP) is 3.08. The van der Waals surface area contributed by atoms with Gasteiger partial charge in [0.15, 0.2) is 0 Å². The van der Waals surface area contributed by atoms with Gasteiger partial charge in [-0.3, -0.25) is 4.68 Å². The van der Waals surface area contributed by atoms with Crippen molar-refractivity contribution in [2.45, 2.75) is 19.9 Å². The van der Waals surface area contributed by atoms with Crippen LogP contribution >= 0.6 is 15.9 Å². The minimum atomic E-state index is -0.931. The summed E-state index contributed by atoms with van der Waals surface area (Å²) in [6.45, 7) is 3.94. The molecular weight excluding hydrogens is 272 g/mol. The van der Waals surface area contributed by atoms with Crippen LogP contribution in [0.1, 0.15) is 30.2 Å². The normalized spacial score (nSPS) is 11.2. The Morgan fingerprint density at radius 1 is 1.50 bits per heavy atom. The Labute approximate surface area is 101 Å². The van der Waals surface area contributed by atoms with Gasteiger partial charge in [0, 0.05) is 11.4 Å². The third-order valence-electron chi connectivity index (χ3n) is 2.40. The van der Waals surface area contributed by atoms with Crippen LogP contribution in [0.2, 0.25) is 0 Å². The first-order chi connectivity index (χ1) is 7.52. The summed E-state index contributed by atoms with van der Waals surface area (Å²) in [5, 5.41) is 14.3. The second-order valence-corrected chi connectivity index (χ2v) is 4.59. The molecule has 0 saturated heterocycles. The van der Waals surface area contributed by atoms with Crippen LogP contribution in [0.25, 0.3) is 10.9 Å². The van der Waals surface area contributed by atoms with E-state index in [0.717, 1.165) is 5.39 Å². The van der Waals surface area contributed by atoms with Gasteiger partial charge in [-0.05, 0) is 41.9 Å². The molecule has 5 heteroatoms. The minimum Gasteiger partial charge on any atom is -0.478 e. The van der Waals surface area contributed by atoms with Gasteiger partial charge in [-0.1, -0.05) is 6.07 Å². The third-order valence-corrected chi connectivity index (χ3v) is 2.99. The average Bonchev–Trinajstić information content (AvgIpc) is 2.56. The Bertz CT molecular complexity index is 560. The zero-order valence-electron chi connectivity index (χ0n) is 8.94. The highest BCUT2D eigenvalue weighted by molar-refractivity contribution is 9.10. The number of carboxylic acids is 1. The quantitative estimate of drug-likeness (QED) is 0.921. The number of hydrogen-bond donors (Lipinski definition) is 1. The van der Waals surface area contributed by atoms with Crippen molar-refractivity contribution in [3.8, 4) is 0 Å². The molecule has 0 amide bonds. The summed E-state index contributed by atoms with van der Waals surface area (Å²) in [6.07, 6.45) is 0. The Kier molecular flexibility index (Phi) is 2.71. The van der Waals surface area contributed by atoms with Crippen LogP contribution in [0.3, 0.4) is 0 Å². The van der Waals surface area contributed by atoms with E-state index in [2.05, 4.69) is 21.0 Å². The number of aromatic nitrogens is 2. The van der Waals surface area contributed by atoms with Crippen LogP contribution in [0.5, 0.6) is 0 Å². The van der Waals surface area contributed by atoms with E-state index in [-0.39, 0.29) is 11.6 Å². The zero-order chi connectivity index (χ0) is 11.9. The lowest BCUT2D eigenvalue weighted by molar-refractivity contribution is 0.0698. The van der Waals surface area contributed by atoms with E-state index < -0.39 is 5.97 Å². The largest absolute Gasteiger partial charge is 0.478 e. The molecule has 2 rings (SSSR count). The lowest BCUT2D eigenvalue weighted by Crippen LogP contribution is -2.06. The molecule has 84 valence electrons. The summed E-state index contributed by atoms with van der Waals surface area (Å²) in [5.41, 5.74) is 0.946. The number of carboxylic acid groups (broad SMARTS) is 1. The van der Waals surface area contributed by atoms with E-state index in [4.69, 9.17) is 5.11 Å². The Morgan fingerprint density at radius 3 is 2.75 bits per heavy atom. The van der Waals surface area contributed by atoms with E-state index in [0.29, 0.717) is 10.1 Å². The number of aromatic carboxylic acids is 1. The SMILES string of the molecule is CC(C)n1nc(Br)c2cccc(C(=O)O)c21. The first-order valence-corrected chi connectivity index (χ1v) is 5.71. The maximum absolute atomic E-state index is 11.1. The molecular formula is C11H11BrN2O2. The molecule has 16 heavy (non-hydrogen) atoms. The predicted molar refractivity (Wildman–Crippen MR) is 64.8 cm³/mol. The van der Waals surface area contributed by atoms with E-state index in [1.54, 1.807) is 16.8 Å². The van der Waals surface area contributed by atoms with Crippen molar-refractivity contribution in [1.29, 1.82) is 0 Å². The molecule has 0 fully saturated rings. The molecule has 0 aliphatic carbocycles. The third kappa shape index (κ3) is 1.61. The van der Waals surface area contributed by atoms with E-state index >= 15 is 0 Å². The molecule has 0 aliphatic heterocycles. The van der Waals surface area contributed by atoms with Crippen molar-refractivity contribution in [3.05, 3.63) is 28.4 Å². The van der Waals surface area contributed by atoms with E-state index in [9.17, 15) is 4.79 Å². The fraction of sp³-hybridized carbons (Fsp3) is 0.273. The molecule has 1 heterocycles. The second kappa shape index (κ2) is 3.90. The number of hydrogen-bond acceptors (Lipinski definition) is 2. The topological polar surface area (TPSA) is 55.1 Å². The van der Waals surface area contributed by atoms with Gasteiger partial charge in [0.2, 0.25) is 0 Å². The minimum absolute atomic E-state index is 0.120. The maximum Gasteiger partial charge on any atom is 0.337 e. The van der Waals surface area contributed by atoms with Gasteiger partial charge in [-0.15, -0.1) is 0 Å². The van der Waals surface area contributed by atoms with Crippen LogP contribution in [-0.4, -0.2) is 20.9 Å². The van der Waals surface area contributed by atoms with Gasteiger partial charge in [0.1, 0.15) is 4.60 Å². The molecule has 1 aromatic heterocycles. The molecule has 1 aromatic carbocycles. The van der Waals surface area contributed by atoms with Crippen molar-refractivity contribution in [2.75, 3.05) is 0 Å². The molecule has 0 unspecified atom stereocenters. The number of halogens is 1. The molecule has 0 saturated carbocycles. The van der Waals surface area contributed by atoms with Gasteiger partial charge >= 0.3 is 5.97 Å². The van der Waals surface area contributed by atoms with Crippen LogP contribution in [0, 0.1) is 0 Å². The first-order valence-electron chi connectivity index (χ1n) is 4.92. The van der Waals surface area contributed by atoms with Gasteiger partial charge < -0.3 is 5.11 Å². The monoisotopic (exact) mass is 282 g/mol. The second-order valence-electron chi connectivity index (χ2n) is 3.84. The smallest absolute Gasteiger partial charge is 0.337 e. The van der Waals surface area contributed by atoms with E-state index in [1.165, 1.54) is 0 Å². The molecule has 1 N–H and O–H groups in total.